The monoisotopic (exact) mass is 564 g/mol. The molecule has 214 valence electrons. The van der Waals surface area contributed by atoms with Gasteiger partial charge < -0.3 is 45.7 Å². The first-order valence-electron chi connectivity index (χ1n) is 12.7. The number of nitrogens with zero attached hydrogens (tertiary/aromatic N) is 2. The van der Waals surface area contributed by atoms with E-state index in [9.17, 15) is 39.9 Å². The van der Waals surface area contributed by atoms with Crippen LogP contribution in [0.1, 0.15) is 27.0 Å². The molecule has 2 aliphatic rings. The molecule has 7 N–H and O–H groups in total. The molecule has 41 heavy (non-hydrogen) atoms. The highest BCUT2D eigenvalue weighted by Crippen LogP contribution is 2.40. The second kappa shape index (κ2) is 11.2. The molecular formula is C26H30B2N4O9. The summed E-state index contributed by atoms with van der Waals surface area (Å²) >= 11 is 0. The summed E-state index contributed by atoms with van der Waals surface area (Å²) in [6.07, 6.45) is -0.389. The van der Waals surface area contributed by atoms with E-state index in [1.54, 1.807) is 12.1 Å². The van der Waals surface area contributed by atoms with E-state index in [-0.39, 0.29) is 28.7 Å². The van der Waals surface area contributed by atoms with Crippen molar-refractivity contribution in [2.24, 2.45) is 0 Å². The lowest BCUT2D eigenvalue weighted by Gasteiger charge is -2.50. The molecule has 2 aromatic rings. The lowest BCUT2D eigenvalue weighted by atomic mass is 9.54. The van der Waals surface area contributed by atoms with Gasteiger partial charge in [0.2, 0.25) is 5.72 Å². The smallest absolute Gasteiger partial charge is 0.275 e. The van der Waals surface area contributed by atoms with Crippen LogP contribution in [0.4, 0.5) is 5.69 Å². The van der Waals surface area contributed by atoms with Crippen molar-refractivity contribution in [2.45, 2.75) is 35.7 Å². The van der Waals surface area contributed by atoms with Crippen molar-refractivity contribution in [1.82, 2.24) is 15.1 Å². The highest BCUT2D eigenvalue weighted by atomic mass is 16.5. The van der Waals surface area contributed by atoms with Crippen LogP contribution in [0.15, 0.2) is 42.5 Å². The zero-order chi connectivity index (χ0) is 30.2. The van der Waals surface area contributed by atoms with Crippen molar-refractivity contribution in [1.29, 1.82) is 0 Å². The Labute approximate surface area is 238 Å². The lowest BCUT2D eigenvalue weighted by Crippen LogP contribution is -2.79. The van der Waals surface area contributed by atoms with Crippen LogP contribution in [-0.2, 0) is 33.3 Å². The normalized spacial score (nSPS) is 20.3. The second-order valence-corrected chi connectivity index (χ2v) is 10.1. The third-order valence-corrected chi connectivity index (χ3v) is 7.40. The molecule has 0 saturated carbocycles. The largest absolute Gasteiger partial charge is 0.392 e. The number of carbonyl (C=O) groups excluding carboxylic acids is 3. The number of carbonyl (C=O) groups is 3. The molecule has 0 spiro atoms. The Hall–Kier alpha value is -3.30. The van der Waals surface area contributed by atoms with E-state index in [4.69, 9.17) is 20.4 Å². The summed E-state index contributed by atoms with van der Waals surface area (Å²) in [5, 5.41) is 58.8. The van der Waals surface area contributed by atoms with Crippen molar-refractivity contribution < 1.29 is 44.7 Å². The summed E-state index contributed by atoms with van der Waals surface area (Å²) in [4.78, 5) is 40.2. The molecule has 4 radical (unpaired) electrons. The zero-order valence-electron chi connectivity index (χ0n) is 22.3. The third kappa shape index (κ3) is 5.37. The molecule has 0 aromatic heterocycles. The fraction of sp³-hybridized carbons (Fsp3) is 0.423. The molecule has 0 bridgehead atoms. The van der Waals surface area contributed by atoms with Crippen LogP contribution in [0.25, 0.3) is 0 Å². The van der Waals surface area contributed by atoms with Gasteiger partial charge in [-0.2, -0.15) is 0 Å². The first-order valence-corrected chi connectivity index (χ1v) is 12.7. The zero-order valence-corrected chi connectivity index (χ0v) is 22.3. The van der Waals surface area contributed by atoms with E-state index in [1.165, 1.54) is 30.3 Å². The summed E-state index contributed by atoms with van der Waals surface area (Å²) in [5.41, 5.74) is -9.37. The molecule has 15 heteroatoms. The second-order valence-electron chi connectivity index (χ2n) is 10.1. The Balaban J connectivity index is 1.61. The number of aldehydes is 1. The minimum Gasteiger partial charge on any atom is -0.392 e. The number of benzene rings is 2. The number of likely N-dealkylation sites (N-methyl/N-ethyl adjacent to an activating group) is 1. The fourth-order valence-corrected chi connectivity index (χ4v) is 4.88. The Morgan fingerprint density at radius 1 is 1.05 bits per heavy atom. The minimum atomic E-state index is -3.59. The predicted molar refractivity (Wildman–Crippen MR) is 145 cm³/mol. The maximum Gasteiger partial charge on any atom is 0.275 e. The highest BCUT2D eigenvalue weighted by Gasteiger charge is 2.65. The molecule has 3 unspecified atom stereocenters. The first-order chi connectivity index (χ1) is 19.2. The standard InChI is InChI=1S/C26H30B2N4O9/c1-29-22(35)24(37,26(28,40)23(27,36)15-33)32-14-19-18(21(32)34)3-2-4-20(19)30-25(38,39)17-7-5-16(6-8-17)13-31-9-11-41-12-10-31/h2-8,15,30,36-40H,9-14H2,1H3,(H,29,35). The number of ether oxygens (including phenoxy) is 1. The van der Waals surface area contributed by atoms with E-state index < -0.39 is 41.0 Å². The first kappa shape index (κ1) is 30.7. The number of rotatable bonds is 10. The highest BCUT2D eigenvalue weighted by molar-refractivity contribution is 6.33. The quantitative estimate of drug-likeness (QED) is 0.0886. The lowest BCUT2D eigenvalue weighted by molar-refractivity contribution is -0.219. The van der Waals surface area contributed by atoms with Crippen LogP contribution in [0.3, 0.4) is 0 Å². The van der Waals surface area contributed by atoms with E-state index in [2.05, 4.69) is 10.2 Å². The summed E-state index contributed by atoms with van der Waals surface area (Å²) in [7, 11) is 12.1. The van der Waals surface area contributed by atoms with Gasteiger partial charge in [0.25, 0.3) is 17.7 Å². The third-order valence-electron chi connectivity index (χ3n) is 7.40. The SMILES string of the molecule is [B]C(O)(C=O)C([B])(O)C(O)(C(=O)NC)N1Cc2c(NC(O)(O)c3ccc(CN4CCOCC4)cc3)cccc2C1=O. The van der Waals surface area contributed by atoms with Crippen molar-refractivity contribution in [3.8, 4) is 0 Å². The summed E-state index contributed by atoms with van der Waals surface area (Å²) < 4.78 is 5.35. The molecule has 1 fully saturated rings. The molecule has 2 amide bonds. The maximum absolute atomic E-state index is 13.4. The summed E-state index contributed by atoms with van der Waals surface area (Å²) in [6.45, 7) is 2.92. The number of anilines is 1. The number of hydrogen-bond donors (Lipinski definition) is 7. The van der Waals surface area contributed by atoms with E-state index in [0.717, 1.165) is 25.7 Å². The van der Waals surface area contributed by atoms with Gasteiger partial charge in [-0.05, 0) is 17.7 Å². The van der Waals surface area contributed by atoms with Gasteiger partial charge in [-0.3, -0.25) is 19.4 Å². The Morgan fingerprint density at radius 3 is 2.27 bits per heavy atom. The van der Waals surface area contributed by atoms with Crippen molar-refractivity contribution in [3.05, 3.63) is 64.7 Å². The molecule has 4 rings (SSSR count). The molecule has 2 aliphatic heterocycles. The Kier molecular flexibility index (Phi) is 8.35. The Morgan fingerprint density at radius 2 is 1.68 bits per heavy atom. The van der Waals surface area contributed by atoms with Gasteiger partial charge in [-0.1, -0.05) is 30.3 Å². The number of aliphatic hydroxyl groups is 5. The Bertz CT molecular complexity index is 1320. The average Bonchev–Trinajstić information content (AvgIpc) is 3.30. The van der Waals surface area contributed by atoms with Crippen molar-refractivity contribution in [3.63, 3.8) is 0 Å². The van der Waals surface area contributed by atoms with Crippen LogP contribution < -0.4 is 10.6 Å². The summed E-state index contributed by atoms with van der Waals surface area (Å²) in [5.74, 6) is -5.11. The number of hydrogen-bond acceptors (Lipinski definition) is 11. The van der Waals surface area contributed by atoms with Gasteiger partial charge in [0.05, 0.1) is 19.8 Å². The van der Waals surface area contributed by atoms with Crippen LogP contribution in [0.2, 0.25) is 0 Å². The van der Waals surface area contributed by atoms with E-state index in [1.807, 2.05) is 5.32 Å². The molecule has 13 nitrogen and oxygen atoms in total. The van der Waals surface area contributed by atoms with Gasteiger partial charge in [0, 0.05) is 49.1 Å². The summed E-state index contributed by atoms with van der Waals surface area (Å²) in [6, 6.07) is 10.7. The topological polar surface area (TPSA) is 192 Å². The number of morpholine rings is 1. The van der Waals surface area contributed by atoms with Crippen molar-refractivity contribution >= 4 is 39.5 Å². The number of fused-ring (bicyclic) bond motifs is 1. The fourth-order valence-electron chi connectivity index (χ4n) is 4.88. The number of nitrogens with one attached hydrogen (secondary N) is 2. The van der Waals surface area contributed by atoms with E-state index >= 15 is 0 Å². The van der Waals surface area contributed by atoms with Gasteiger partial charge in [-0.15, -0.1) is 0 Å². The molecule has 3 atom stereocenters. The molecule has 2 aromatic carbocycles. The van der Waals surface area contributed by atoms with Crippen LogP contribution in [0, 0.1) is 0 Å². The number of amides is 2. The molecule has 1 saturated heterocycles. The maximum atomic E-state index is 13.4. The van der Waals surface area contributed by atoms with E-state index in [0.29, 0.717) is 24.7 Å². The van der Waals surface area contributed by atoms with Gasteiger partial charge in [-0.25, -0.2) is 0 Å². The van der Waals surface area contributed by atoms with Crippen LogP contribution in [0.5, 0.6) is 0 Å². The minimum absolute atomic E-state index is 0.0268. The van der Waals surface area contributed by atoms with Crippen LogP contribution in [-0.4, -0.2) is 119 Å². The van der Waals surface area contributed by atoms with Gasteiger partial charge in [0.1, 0.15) is 33.0 Å². The average molecular weight is 564 g/mol. The van der Waals surface area contributed by atoms with Crippen molar-refractivity contribution in [2.75, 3.05) is 38.7 Å². The molecule has 2 heterocycles. The molecular weight excluding hydrogens is 534 g/mol. The van der Waals surface area contributed by atoms with Gasteiger partial charge >= 0.3 is 0 Å². The van der Waals surface area contributed by atoms with Crippen LogP contribution >= 0.6 is 0 Å². The predicted octanol–water partition coefficient (Wildman–Crippen LogP) is -2.97. The molecule has 0 aliphatic carbocycles. The van der Waals surface area contributed by atoms with Gasteiger partial charge in [0.15, 0.2) is 0 Å².